The smallest absolute Gasteiger partial charge is 0.292 e. The molecule has 2 aromatic carbocycles. The lowest BCUT2D eigenvalue weighted by molar-refractivity contribution is -0.384. The zero-order valence-electron chi connectivity index (χ0n) is 18.5. The molecule has 1 saturated heterocycles. The van der Waals surface area contributed by atoms with Gasteiger partial charge in [0.15, 0.2) is 0 Å². The van der Waals surface area contributed by atoms with Gasteiger partial charge < -0.3 is 9.80 Å². The number of sulfonamides is 1. The molecule has 1 amide bonds. The molecule has 9 nitrogen and oxygen atoms in total. The second-order valence-electron chi connectivity index (χ2n) is 7.59. The maximum absolute atomic E-state index is 13.2. The number of amides is 1. The van der Waals surface area contributed by atoms with Crippen molar-refractivity contribution in [2.75, 3.05) is 44.2 Å². The van der Waals surface area contributed by atoms with Crippen molar-refractivity contribution in [2.45, 2.75) is 25.7 Å². The van der Waals surface area contributed by atoms with Crippen LogP contribution < -0.4 is 4.90 Å². The zero-order chi connectivity index (χ0) is 23.5. The Hall–Kier alpha value is -2.98. The number of nitro benzene ring substituents is 1. The average Bonchev–Trinajstić information content (AvgIpc) is 2.79. The number of benzene rings is 2. The Morgan fingerprint density at radius 3 is 2.28 bits per heavy atom. The van der Waals surface area contributed by atoms with E-state index in [0.29, 0.717) is 56.1 Å². The summed E-state index contributed by atoms with van der Waals surface area (Å²) in [5, 5.41) is 11.3. The molecule has 1 heterocycles. The lowest BCUT2D eigenvalue weighted by atomic mass is 10.1. The molecule has 0 atom stereocenters. The van der Waals surface area contributed by atoms with E-state index < -0.39 is 14.9 Å². The first-order chi connectivity index (χ1) is 15.2. The molecule has 0 aromatic heterocycles. The quantitative estimate of drug-likeness (QED) is 0.465. The van der Waals surface area contributed by atoms with Crippen molar-refractivity contribution in [1.82, 2.24) is 9.21 Å². The zero-order valence-corrected chi connectivity index (χ0v) is 19.3. The number of carbonyl (C=O) groups excluding carboxylic acids is 1. The average molecular weight is 461 g/mol. The van der Waals surface area contributed by atoms with Crippen LogP contribution >= 0.6 is 0 Å². The monoisotopic (exact) mass is 460 g/mol. The van der Waals surface area contributed by atoms with Crippen molar-refractivity contribution < 1.29 is 18.1 Å². The summed E-state index contributed by atoms with van der Waals surface area (Å²) < 4.78 is 27.1. The van der Waals surface area contributed by atoms with Gasteiger partial charge >= 0.3 is 0 Å². The molecule has 1 aliphatic rings. The van der Waals surface area contributed by atoms with E-state index in [1.165, 1.54) is 22.5 Å². The molecule has 0 saturated carbocycles. The van der Waals surface area contributed by atoms with Crippen LogP contribution in [0.2, 0.25) is 0 Å². The number of hydrogen-bond donors (Lipinski definition) is 0. The maximum Gasteiger partial charge on any atom is 0.292 e. The van der Waals surface area contributed by atoms with Gasteiger partial charge in [0.2, 0.25) is 10.0 Å². The predicted octanol–water partition coefficient (Wildman–Crippen LogP) is 2.90. The Morgan fingerprint density at radius 1 is 1.06 bits per heavy atom. The van der Waals surface area contributed by atoms with Crippen molar-refractivity contribution in [2.24, 2.45) is 0 Å². The molecule has 10 heteroatoms. The summed E-state index contributed by atoms with van der Waals surface area (Å²) in [6.45, 7) is 7.71. The number of aryl methyl sites for hydroxylation is 1. The molecule has 0 unspecified atom stereocenters. The third kappa shape index (κ3) is 4.61. The van der Waals surface area contributed by atoms with Crippen molar-refractivity contribution in [3.05, 3.63) is 63.7 Å². The van der Waals surface area contributed by atoms with Gasteiger partial charge in [-0.15, -0.1) is 0 Å². The standard InChI is InChI=1S/C22H28N4O5S/c1-4-25(5-2)32(30,31)18-11-10-17(3)19(16-18)22(27)24-14-12-23(13-15-24)20-8-6-7-9-21(20)26(28)29/h6-11,16H,4-5,12-15H2,1-3H3. The topological polar surface area (TPSA) is 104 Å². The summed E-state index contributed by atoms with van der Waals surface area (Å²) in [5.74, 6) is -0.235. The normalized spacial score (nSPS) is 14.6. The summed E-state index contributed by atoms with van der Waals surface area (Å²) in [6, 6.07) is 11.2. The lowest BCUT2D eigenvalue weighted by Gasteiger charge is -2.36. The Bertz CT molecular complexity index is 1110. The number of anilines is 1. The Morgan fingerprint density at radius 2 is 1.69 bits per heavy atom. The minimum atomic E-state index is -3.67. The third-order valence-corrected chi connectivity index (χ3v) is 7.81. The van der Waals surface area contributed by atoms with E-state index in [9.17, 15) is 23.3 Å². The number of rotatable bonds is 7. The number of nitrogens with zero attached hydrogens (tertiary/aromatic N) is 4. The summed E-state index contributed by atoms with van der Waals surface area (Å²) in [5.41, 5.74) is 1.64. The molecule has 0 radical (unpaired) electrons. The number of carbonyl (C=O) groups is 1. The van der Waals surface area contributed by atoms with Gasteiger partial charge in [0, 0.05) is 50.9 Å². The number of hydrogen-bond acceptors (Lipinski definition) is 6. The first-order valence-corrected chi connectivity index (χ1v) is 12.0. The molecule has 3 rings (SSSR count). The lowest BCUT2D eigenvalue weighted by Crippen LogP contribution is -2.49. The highest BCUT2D eigenvalue weighted by atomic mass is 32.2. The molecule has 1 fully saturated rings. The van der Waals surface area contributed by atoms with Gasteiger partial charge in [0.05, 0.1) is 9.82 Å². The predicted molar refractivity (Wildman–Crippen MR) is 122 cm³/mol. The van der Waals surface area contributed by atoms with E-state index in [1.54, 1.807) is 49.9 Å². The van der Waals surface area contributed by atoms with Gasteiger partial charge in [-0.1, -0.05) is 32.0 Å². The second-order valence-corrected chi connectivity index (χ2v) is 9.53. The van der Waals surface area contributed by atoms with Crippen LogP contribution in [0.4, 0.5) is 11.4 Å². The number of para-hydroxylation sites is 2. The maximum atomic E-state index is 13.2. The van der Waals surface area contributed by atoms with Crippen molar-refractivity contribution in [1.29, 1.82) is 0 Å². The van der Waals surface area contributed by atoms with Gasteiger partial charge in [-0.05, 0) is 30.7 Å². The Labute approximate surface area is 188 Å². The molecular formula is C22H28N4O5S. The van der Waals surface area contributed by atoms with Crippen LogP contribution in [0.3, 0.4) is 0 Å². The summed E-state index contributed by atoms with van der Waals surface area (Å²) in [4.78, 5) is 27.8. The van der Waals surface area contributed by atoms with E-state index >= 15 is 0 Å². The highest BCUT2D eigenvalue weighted by molar-refractivity contribution is 7.89. The highest BCUT2D eigenvalue weighted by Gasteiger charge is 2.28. The number of nitro groups is 1. The Kier molecular flexibility index (Phi) is 7.15. The van der Waals surface area contributed by atoms with Crippen LogP contribution in [0.5, 0.6) is 0 Å². The summed E-state index contributed by atoms with van der Waals surface area (Å²) >= 11 is 0. The van der Waals surface area contributed by atoms with Gasteiger partial charge in [-0.2, -0.15) is 4.31 Å². The van der Waals surface area contributed by atoms with Gasteiger partial charge in [-0.25, -0.2) is 8.42 Å². The third-order valence-electron chi connectivity index (χ3n) is 5.77. The van der Waals surface area contributed by atoms with Gasteiger partial charge in [0.25, 0.3) is 11.6 Å². The minimum absolute atomic E-state index is 0.0393. The van der Waals surface area contributed by atoms with E-state index in [4.69, 9.17) is 0 Å². The molecule has 0 bridgehead atoms. The first kappa shape index (κ1) is 23.7. The summed E-state index contributed by atoms with van der Waals surface area (Å²) in [7, 11) is -3.67. The molecular weight excluding hydrogens is 432 g/mol. The van der Waals surface area contributed by atoms with Crippen LogP contribution in [-0.4, -0.2) is 67.7 Å². The largest absolute Gasteiger partial charge is 0.362 e. The minimum Gasteiger partial charge on any atom is -0.362 e. The van der Waals surface area contributed by atoms with Crippen LogP contribution in [0.1, 0.15) is 29.8 Å². The van der Waals surface area contributed by atoms with Crippen molar-refractivity contribution in [3.63, 3.8) is 0 Å². The van der Waals surface area contributed by atoms with E-state index in [2.05, 4.69) is 0 Å². The highest BCUT2D eigenvalue weighted by Crippen LogP contribution is 2.29. The fraction of sp³-hybridized carbons (Fsp3) is 0.409. The van der Waals surface area contributed by atoms with Crippen LogP contribution in [0.15, 0.2) is 47.4 Å². The van der Waals surface area contributed by atoms with Crippen molar-refractivity contribution >= 4 is 27.3 Å². The van der Waals surface area contributed by atoms with E-state index in [-0.39, 0.29) is 16.5 Å². The fourth-order valence-electron chi connectivity index (χ4n) is 3.91. The molecule has 32 heavy (non-hydrogen) atoms. The fourth-order valence-corrected chi connectivity index (χ4v) is 5.40. The van der Waals surface area contributed by atoms with E-state index in [0.717, 1.165) is 0 Å². The molecule has 172 valence electrons. The number of piperazine rings is 1. The second kappa shape index (κ2) is 9.66. The van der Waals surface area contributed by atoms with Crippen molar-refractivity contribution in [3.8, 4) is 0 Å². The van der Waals surface area contributed by atoms with Gasteiger partial charge in [-0.3, -0.25) is 14.9 Å². The molecule has 0 aliphatic carbocycles. The SMILES string of the molecule is CCN(CC)S(=O)(=O)c1ccc(C)c(C(=O)N2CCN(c3ccccc3[N+](=O)[O-])CC2)c1. The summed E-state index contributed by atoms with van der Waals surface area (Å²) in [6.07, 6.45) is 0. The van der Waals surface area contributed by atoms with E-state index in [1.807, 2.05) is 4.90 Å². The molecule has 2 aromatic rings. The first-order valence-electron chi connectivity index (χ1n) is 10.6. The molecule has 0 N–H and O–H groups in total. The van der Waals surface area contributed by atoms with Crippen LogP contribution in [-0.2, 0) is 10.0 Å². The van der Waals surface area contributed by atoms with Crippen LogP contribution in [0.25, 0.3) is 0 Å². The molecule has 0 spiro atoms. The van der Waals surface area contributed by atoms with Gasteiger partial charge in [0.1, 0.15) is 5.69 Å². The van der Waals surface area contributed by atoms with Crippen LogP contribution in [0, 0.1) is 17.0 Å². The Balaban J connectivity index is 1.79. The molecule has 1 aliphatic heterocycles.